The zero-order chi connectivity index (χ0) is 19.3. The molecule has 0 radical (unpaired) electrons. The number of benzene rings is 2. The summed E-state index contributed by atoms with van der Waals surface area (Å²) in [4.78, 5) is 23.0. The van der Waals surface area contributed by atoms with Gasteiger partial charge >= 0.3 is 5.97 Å². The third kappa shape index (κ3) is 4.86. The second-order valence-corrected chi connectivity index (χ2v) is 7.61. The molecule has 0 aliphatic heterocycles. The first-order valence-electron chi connectivity index (χ1n) is 7.60. The average molecular weight is 376 g/mol. The van der Waals surface area contributed by atoms with E-state index in [1.165, 1.54) is 55.5 Å². The number of halogens is 1. The first kappa shape index (κ1) is 19.5. The quantitative estimate of drug-likeness (QED) is 0.335. The molecule has 0 saturated carbocycles. The van der Waals surface area contributed by atoms with Crippen molar-refractivity contribution in [3.05, 3.63) is 65.5 Å². The van der Waals surface area contributed by atoms with Gasteiger partial charge in [-0.3, -0.25) is 9.59 Å². The lowest BCUT2D eigenvalue weighted by Crippen LogP contribution is -2.06. The summed E-state index contributed by atoms with van der Waals surface area (Å²) in [6.45, 7) is 1.06. The lowest BCUT2D eigenvalue weighted by Gasteiger charge is -2.13. The minimum absolute atomic E-state index is 0.127. The van der Waals surface area contributed by atoms with Gasteiger partial charge < -0.3 is 4.74 Å². The lowest BCUT2D eigenvalue weighted by atomic mass is 9.96. The van der Waals surface area contributed by atoms with E-state index in [0.29, 0.717) is 23.0 Å². The molecule has 0 atom stereocenters. The maximum absolute atomic E-state index is 13.2. The Morgan fingerprint density at radius 3 is 2.04 bits per heavy atom. The summed E-state index contributed by atoms with van der Waals surface area (Å²) in [5, 5.41) is 0. The van der Waals surface area contributed by atoms with Crippen LogP contribution in [0.1, 0.15) is 18.1 Å². The molecule has 7 heteroatoms. The predicted molar refractivity (Wildman–Crippen MR) is 95.5 cm³/mol. The van der Waals surface area contributed by atoms with Crippen LogP contribution in [0.5, 0.6) is 0 Å². The third-order valence-corrected chi connectivity index (χ3v) is 4.78. The molecule has 0 heterocycles. The molecule has 26 heavy (non-hydrogen) atoms. The van der Waals surface area contributed by atoms with Crippen molar-refractivity contribution >= 4 is 33.2 Å². The van der Waals surface area contributed by atoms with Crippen LogP contribution in [0, 0.1) is 5.82 Å². The molecule has 0 amide bonds. The van der Waals surface area contributed by atoms with Gasteiger partial charge in [-0.05, 0) is 35.4 Å². The van der Waals surface area contributed by atoms with Crippen LogP contribution in [0.15, 0.2) is 53.4 Å². The van der Waals surface area contributed by atoms with Gasteiger partial charge in [0.05, 0.1) is 4.90 Å². The molecule has 0 N–H and O–H groups in total. The van der Waals surface area contributed by atoms with Gasteiger partial charge in [0, 0.05) is 24.3 Å². The SMILES string of the molecule is CC(=O)OCC(=C(C=O)c1ccc(F)cc1)c1ccc(S(C)(=O)=O)cc1. The Labute approximate surface area is 151 Å². The monoisotopic (exact) mass is 376 g/mol. The maximum atomic E-state index is 13.2. The van der Waals surface area contributed by atoms with Crippen LogP contribution in [0.25, 0.3) is 11.1 Å². The highest BCUT2D eigenvalue weighted by Gasteiger charge is 2.15. The maximum Gasteiger partial charge on any atom is 0.302 e. The fourth-order valence-electron chi connectivity index (χ4n) is 2.34. The van der Waals surface area contributed by atoms with Crippen molar-refractivity contribution < 1.29 is 27.1 Å². The second-order valence-electron chi connectivity index (χ2n) is 5.59. The molecule has 0 aliphatic rings. The van der Waals surface area contributed by atoms with Crippen LogP contribution in [0.3, 0.4) is 0 Å². The summed E-state index contributed by atoms with van der Waals surface area (Å²) >= 11 is 0. The van der Waals surface area contributed by atoms with E-state index in [1.54, 1.807) is 0 Å². The fourth-order valence-corrected chi connectivity index (χ4v) is 2.97. The Kier molecular flexibility index (Phi) is 6.05. The highest BCUT2D eigenvalue weighted by Crippen LogP contribution is 2.27. The van der Waals surface area contributed by atoms with Crippen LogP contribution in [-0.4, -0.2) is 33.5 Å². The highest BCUT2D eigenvalue weighted by molar-refractivity contribution is 7.90. The molecule has 0 unspecified atom stereocenters. The van der Waals surface area contributed by atoms with Crippen LogP contribution < -0.4 is 0 Å². The molecule has 2 aromatic carbocycles. The smallest absolute Gasteiger partial charge is 0.302 e. The molecular formula is C19H17FO5S. The number of hydrogen-bond acceptors (Lipinski definition) is 5. The van der Waals surface area contributed by atoms with Crippen molar-refractivity contribution in [2.45, 2.75) is 11.8 Å². The molecule has 0 fully saturated rings. The van der Waals surface area contributed by atoms with Gasteiger partial charge in [0.15, 0.2) is 16.1 Å². The number of carbonyl (C=O) groups is 2. The summed E-state index contributed by atoms with van der Waals surface area (Å²) in [5.41, 5.74) is 1.58. The van der Waals surface area contributed by atoms with Gasteiger partial charge in [0.2, 0.25) is 0 Å². The van der Waals surface area contributed by atoms with Crippen molar-refractivity contribution in [3.63, 3.8) is 0 Å². The van der Waals surface area contributed by atoms with E-state index < -0.39 is 21.6 Å². The predicted octanol–water partition coefficient (Wildman–Crippen LogP) is 2.90. The van der Waals surface area contributed by atoms with Gasteiger partial charge in [-0.1, -0.05) is 24.3 Å². The van der Waals surface area contributed by atoms with Crippen molar-refractivity contribution in [1.29, 1.82) is 0 Å². The number of ether oxygens (including phenoxy) is 1. The highest BCUT2D eigenvalue weighted by atomic mass is 32.2. The van der Waals surface area contributed by atoms with E-state index in [4.69, 9.17) is 4.74 Å². The van der Waals surface area contributed by atoms with Gasteiger partial charge in [-0.2, -0.15) is 0 Å². The molecule has 136 valence electrons. The van der Waals surface area contributed by atoms with E-state index in [-0.39, 0.29) is 17.1 Å². The van der Waals surface area contributed by atoms with Crippen molar-refractivity contribution in [1.82, 2.24) is 0 Å². The van der Waals surface area contributed by atoms with Crippen molar-refractivity contribution in [2.75, 3.05) is 12.9 Å². The fraction of sp³-hybridized carbons (Fsp3) is 0.158. The second kappa shape index (κ2) is 8.05. The number of allylic oxidation sites excluding steroid dienone is 1. The molecule has 0 spiro atoms. The Morgan fingerprint density at radius 1 is 1.04 bits per heavy atom. The normalized spacial score (nSPS) is 12.3. The number of esters is 1. The first-order valence-corrected chi connectivity index (χ1v) is 9.49. The van der Waals surface area contributed by atoms with Gasteiger partial charge in [0.25, 0.3) is 0 Å². The van der Waals surface area contributed by atoms with Crippen LogP contribution >= 0.6 is 0 Å². The standard InChI is InChI=1S/C19H17FO5S/c1-13(22)25-12-19(15-5-9-17(10-6-15)26(2,23)24)18(11-21)14-3-7-16(20)8-4-14/h3-11H,12H2,1-2H3. The van der Waals surface area contributed by atoms with Gasteiger partial charge in [-0.25, -0.2) is 12.8 Å². The molecule has 5 nitrogen and oxygen atoms in total. The number of rotatable bonds is 6. The van der Waals surface area contributed by atoms with E-state index in [1.807, 2.05) is 0 Å². The van der Waals surface area contributed by atoms with E-state index in [9.17, 15) is 22.4 Å². The molecule has 0 bridgehead atoms. The van der Waals surface area contributed by atoms with E-state index in [0.717, 1.165) is 6.26 Å². The molecule has 2 aromatic rings. The number of sulfone groups is 1. The summed E-state index contributed by atoms with van der Waals surface area (Å²) in [6, 6.07) is 11.2. The van der Waals surface area contributed by atoms with E-state index >= 15 is 0 Å². The molecule has 0 aromatic heterocycles. The van der Waals surface area contributed by atoms with E-state index in [2.05, 4.69) is 0 Å². The number of carbonyl (C=O) groups excluding carboxylic acids is 2. The average Bonchev–Trinajstić information content (AvgIpc) is 2.59. The Bertz CT molecular complexity index is 942. The summed E-state index contributed by atoms with van der Waals surface area (Å²) < 4.78 is 41.4. The minimum atomic E-state index is -3.37. The summed E-state index contributed by atoms with van der Waals surface area (Å²) in [5.74, 6) is -0.974. The lowest BCUT2D eigenvalue weighted by molar-refractivity contribution is -0.139. The molecule has 0 aliphatic carbocycles. The van der Waals surface area contributed by atoms with Crippen molar-refractivity contribution in [2.24, 2.45) is 0 Å². The Balaban J connectivity index is 2.58. The van der Waals surface area contributed by atoms with Gasteiger partial charge in [0.1, 0.15) is 12.4 Å². The molecule has 2 rings (SSSR count). The van der Waals surface area contributed by atoms with Crippen LogP contribution in [0.4, 0.5) is 4.39 Å². The number of hydrogen-bond donors (Lipinski definition) is 0. The first-order chi connectivity index (χ1) is 12.2. The third-order valence-electron chi connectivity index (χ3n) is 3.65. The Morgan fingerprint density at radius 2 is 1.58 bits per heavy atom. The topological polar surface area (TPSA) is 77.5 Å². The zero-order valence-electron chi connectivity index (χ0n) is 14.2. The summed E-state index contributed by atoms with van der Waals surface area (Å²) in [7, 11) is -3.37. The molecular weight excluding hydrogens is 359 g/mol. The zero-order valence-corrected chi connectivity index (χ0v) is 15.0. The summed E-state index contributed by atoms with van der Waals surface area (Å²) in [6.07, 6.45) is 1.68. The van der Waals surface area contributed by atoms with Crippen LogP contribution in [-0.2, 0) is 24.2 Å². The largest absolute Gasteiger partial charge is 0.461 e. The Hall–Kier alpha value is -2.80. The number of aldehydes is 1. The minimum Gasteiger partial charge on any atom is -0.461 e. The van der Waals surface area contributed by atoms with Crippen molar-refractivity contribution in [3.8, 4) is 0 Å². The molecule has 0 saturated heterocycles. The van der Waals surface area contributed by atoms with Crippen LogP contribution in [0.2, 0.25) is 0 Å². The van der Waals surface area contributed by atoms with Gasteiger partial charge in [-0.15, -0.1) is 0 Å².